The van der Waals surface area contributed by atoms with E-state index in [-0.39, 0.29) is 11.6 Å². The summed E-state index contributed by atoms with van der Waals surface area (Å²) in [5.41, 5.74) is 2.85. The molecule has 0 unspecified atom stereocenters. The lowest BCUT2D eigenvalue weighted by atomic mass is 10.2. The largest absolute Gasteiger partial charge is 0.340 e. The number of nitrogens with one attached hydrogen (secondary N) is 2. The summed E-state index contributed by atoms with van der Waals surface area (Å²) in [6, 6.07) is 12.9. The lowest BCUT2D eigenvalue weighted by Crippen LogP contribution is -2.03. The molecule has 0 spiro atoms. The van der Waals surface area contributed by atoms with Gasteiger partial charge in [0.15, 0.2) is 0 Å². The molecule has 0 radical (unpaired) electrons. The summed E-state index contributed by atoms with van der Waals surface area (Å²) >= 11 is 0. The number of nitrogens with zero attached hydrogens (tertiary/aromatic N) is 2. The lowest BCUT2D eigenvalue weighted by Gasteiger charge is -2.11. The summed E-state index contributed by atoms with van der Waals surface area (Å²) in [6.07, 6.45) is 0. The van der Waals surface area contributed by atoms with Crippen LogP contribution in [-0.4, -0.2) is 9.97 Å². The summed E-state index contributed by atoms with van der Waals surface area (Å²) in [6.45, 7) is 3.82. The van der Waals surface area contributed by atoms with E-state index in [4.69, 9.17) is 0 Å². The standard InChI is InChI=1S/C18H16F2N4/c1-11-4-3-5-14(8-11)22-17-9-12(2)21-18(24-17)23-16-7-6-13(19)10-15(16)20/h3-10H,1-2H3,(H2,21,22,23,24). The normalized spacial score (nSPS) is 10.5. The highest BCUT2D eigenvalue weighted by atomic mass is 19.1. The first-order valence-corrected chi connectivity index (χ1v) is 7.41. The molecule has 1 heterocycles. The van der Waals surface area contributed by atoms with Crippen molar-refractivity contribution in [2.75, 3.05) is 10.6 Å². The molecule has 2 aromatic carbocycles. The van der Waals surface area contributed by atoms with Crippen molar-refractivity contribution in [1.29, 1.82) is 0 Å². The second-order valence-electron chi connectivity index (χ2n) is 5.46. The first-order valence-electron chi connectivity index (χ1n) is 7.41. The topological polar surface area (TPSA) is 49.8 Å². The van der Waals surface area contributed by atoms with Gasteiger partial charge in [-0.25, -0.2) is 13.8 Å². The molecule has 3 aromatic rings. The Morgan fingerprint density at radius 2 is 1.71 bits per heavy atom. The molecule has 0 fully saturated rings. The third-order valence-electron chi connectivity index (χ3n) is 3.32. The van der Waals surface area contributed by atoms with Crippen LogP contribution >= 0.6 is 0 Å². The minimum atomic E-state index is -0.701. The maximum absolute atomic E-state index is 13.8. The van der Waals surface area contributed by atoms with Crippen molar-refractivity contribution < 1.29 is 8.78 Å². The minimum Gasteiger partial charge on any atom is -0.340 e. The van der Waals surface area contributed by atoms with E-state index in [1.807, 2.05) is 38.1 Å². The van der Waals surface area contributed by atoms with Crippen molar-refractivity contribution in [2.45, 2.75) is 13.8 Å². The number of hydrogen-bond donors (Lipinski definition) is 2. The Kier molecular flexibility index (Phi) is 4.37. The average Bonchev–Trinajstić information content (AvgIpc) is 2.49. The molecular formula is C18H16F2N4. The molecule has 0 amide bonds. The smallest absolute Gasteiger partial charge is 0.229 e. The van der Waals surface area contributed by atoms with Crippen molar-refractivity contribution in [3.05, 3.63) is 71.4 Å². The van der Waals surface area contributed by atoms with Gasteiger partial charge < -0.3 is 10.6 Å². The molecular weight excluding hydrogens is 310 g/mol. The average molecular weight is 326 g/mol. The molecule has 0 atom stereocenters. The van der Waals surface area contributed by atoms with Crippen molar-refractivity contribution in [3.8, 4) is 0 Å². The third kappa shape index (κ3) is 3.84. The van der Waals surface area contributed by atoms with E-state index in [0.29, 0.717) is 11.5 Å². The zero-order chi connectivity index (χ0) is 17.1. The summed E-state index contributed by atoms with van der Waals surface area (Å²) in [7, 11) is 0. The number of aromatic nitrogens is 2. The van der Waals surface area contributed by atoms with E-state index in [1.165, 1.54) is 12.1 Å². The summed E-state index contributed by atoms with van der Waals surface area (Å²) in [5.74, 6) is -0.521. The van der Waals surface area contributed by atoms with Crippen molar-refractivity contribution in [3.63, 3.8) is 0 Å². The number of halogens is 2. The fraction of sp³-hybridized carbons (Fsp3) is 0.111. The van der Waals surface area contributed by atoms with E-state index >= 15 is 0 Å². The van der Waals surface area contributed by atoms with Crippen molar-refractivity contribution in [2.24, 2.45) is 0 Å². The number of rotatable bonds is 4. The van der Waals surface area contributed by atoms with Gasteiger partial charge in [-0.3, -0.25) is 0 Å². The number of benzene rings is 2. The van der Waals surface area contributed by atoms with Gasteiger partial charge in [-0.1, -0.05) is 12.1 Å². The van der Waals surface area contributed by atoms with Crippen LogP contribution in [0.25, 0.3) is 0 Å². The maximum Gasteiger partial charge on any atom is 0.229 e. The number of hydrogen-bond acceptors (Lipinski definition) is 4. The second kappa shape index (κ2) is 6.62. The van der Waals surface area contributed by atoms with Crippen LogP contribution in [0.1, 0.15) is 11.3 Å². The molecule has 0 bridgehead atoms. The van der Waals surface area contributed by atoms with Gasteiger partial charge in [-0.15, -0.1) is 0 Å². The molecule has 4 nitrogen and oxygen atoms in total. The highest BCUT2D eigenvalue weighted by Gasteiger charge is 2.08. The minimum absolute atomic E-state index is 0.114. The Bertz CT molecular complexity index is 881. The van der Waals surface area contributed by atoms with Crippen LogP contribution < -0.4 is 10.6 Å². The Morgan fingerprint density at radius 3 is 2.46 bits per heavy atom. The fourth-order valence-corrected chi connectivity index (χ4v) is 2.27. The molecule has 2 N–H and O–H groups in total. The molecule has 24 heavy (non-hydrogen) atoms. The van der Waals surface area contributed by atoms with Crippen LogP contribution in [0.3, 0.4) is 0 Å². The molecule has 3 rings (SSSR count). The van der Waals surface area contributed by atoms with Gasteiger partial charge in [-0.05, 0) is 43.7 Å². The van der Waals surface area contributed by atoms with Crippen LogP contribution in [0.2, 0.25) is 0 Å². The zero-order valence-corrected chi connectivity index (χ0v) is 13.3. The summed E-state index contributed by atoms with van der Waals surface area (Å²) < 4.78 is 26.7. The first kappa shape index (κ1) is 15.9. The Labute approximate surface area is 138 Å². The van der Waals surface area contributed by atoms with Gasteiger partial charge in [0.25, 0.3) is 0 Å². The predicted octanol–water partition coefficient (Wildman–Crippen LogP) is 4.86. The van der Waals surface area contributed by atoms with Crippen LogP contribution in [-0.2, 0) is 0 Å². The van der Waals surface area contributed by atoms with E-state index in [0.717, 1.165) is 17.3 Å². The summed E-state index contributed by atoms with van der Waals surface area (Å²) in [4.78, 5) is 8.55. The number of aryl methyl sites for hydroxylation is 2. The van der Waals surface area contributed by atoms with Gasteiger partial charge >= 0.3 is 0 Å². The van der Waals surface area contributed by atoms with Crippen LogP contribution in [0.15, 0.2) is 48.5 Å². The van der Waals surface area contributed by atoms with E-state index < -0.39 is 11.6 Å². The molecule has 0 aliphatic heterocycles. The van der Waals surface area contributed by atoms with E-state index in [1.54, 1.807) is 6.07 Å². The predicted molar refractivity (Wildman–Crippen MR) is 90.9 cm³/mol. The van der Waals surface area contributed by atoms with E-state index in [9.17, 15) is 8.78 Å². The van der Waals surface area contributed by atoms with Crippen LogP contribution in [0, 0.1) is 25.5 Å². The van der Waals surface area contributed by atoms with Gasteiger partial charge in [0, 0.05) is 23.5 Å². The van der Waals surface area contributed by atoms with Crippen molar-refractivity contribution >= 4 is 23.1 Å². The highest BCUT2D eigenvalue weighted by molar-refractivity contribution is 5.60. The summed E-state index contributed by atoms with van der Waals surface area (Å²) in [5, 5.41) is 5.96. The molecule has 1 aromatic heterocycles. The van der Waals surface area contributed by atoms with Crippen LogP contribution in [0.5, 0.6) is 0 Å². The Hall–Kier alpha value is -3.02. The quantitative estimate of drug-likeness (QED) is 0.719. The monoisotopic (exact) mass is 326 g/mol. The van der Waals surface area contributed by atoms with Gasteiger partial charge in [0.2, 0.25) is 5.95 Å². The molecule has 0 aliphatic carbocycles. The van der Waals surface area contributed by atoms with Gasteiger partial charge in [-0.2, -0.15) is 4.98 Å². The first-order chi connectivity index (χ1) is 11.5. The third-order valence-corrected chi connectivity index (χ3v) is 3.32. The number of anilines is 4. The van der Waals surface area contributed by atoms with Crippen molar-refractivity contribution in [1.82, 2.24) is 9.97 Å². The molecule has 0 saturated carbocycles. The second-order valence-corrected chi connectivity index (χ2v) is 5.46. The van der Waals surface area contributed by atoms with Gasteiger partial charge in [0.1, 0.15) is 17.5 Å². The lowest BCUT2D eigenvalue weighted by molar-refractivity contribution is 0.586. The molecule has 0 saturated heterocycles. The molecule has 122 valence electrons. The fourth-order valence-electron chi connectivity index (χ4n) is 2.27. The SMILES string of the molecule is Cc1cccc(Nc2cc(C)nc(Nc3ccc(F)cc3F)n2)c1. The highest BCUT2D eigenvalue weighted by Crippen LogP contribution is 2.21. The van der Waals surface area contributed by atoms with Crippen LogP contribution in [0.4, 0.5) is 31.9 Å². The Morgan fingerprint density at radius 1 is 0.875 bits per heavy atom. The molecule has 0 aliphatic rings. The van der Waals surface area contributed by atoms with E-state index in [2.05, 4.69) is 20.6 Å². The maximum atomic E-state index is 13.8. The molecule has 6 heteroatoms. The Balaban J connectivity index is 1.86. The zero-order valence-electron chi connectivity index (χ0n) is 13.3. The van der Waals surface area contributed by atoms with Gasteiger partial charge in [0.05, 0.1) is 5.69 Å².